The highest BCUT2D eigenvalue weighted by molar-refractivity contribution is 7.17. The molecule has 21 heavy (non-hydrogen) atoms. The topological polar surface area (TPSA) is 81.4 Å². The van der Waals surface area contributed by atoms with Gasteiger partial charge in [0, 0.05) is 16.8 Å². The second kappa shape index (κ2) is 6.15. The zero-order chi connectivity index (χ0) is 15.6. The number of anilines is 1. The Labute approximate surface area is 128 Å². The van der Waals surface area contributed by atoms with Crippen LogP contribution in [0.25, 0.3) is 0 Å². The lowest BCUT2D eigenvalue weighted by Gasteiger charge is -2.17. The van der Waals surface area contributed by atoms with E-state index in [0.717, 1.165) is 24.8 Å². The first kappa shape index (κ1) is 16.0. The van der Waals surface area contributed by atoms with Gasteiger partial charge in [0.2, 0.25) is 5.91 Å². The minimum atomic E-state index is -0.575. The number of esters is 1. The first-order valence-electron chi connectivity index (χ1n) is 7.22. The highest BCUT2D eigenvalue weighted by Crippen LogP contribution is 2.39. The van der Waals surface area contributed by atoms with Crippen molar-refractivity contribution >= 4 is 28.2 Å². The third kappa shape index (κ3) is 3.83. The number of nitrogens with two attached hydrogens (primary N) is 1. The number of carbonyl (C=O) groups is 2. The number of hydrogen-bond acceptors (Lipinski definition) is 5. The summed E-state index contributed by atoms with van der Waals surface area (Å²) in [5.74, 6) is -0.521. The van der Waals surface area contributed by atoms with E-state index in [1.807, 2.05) is 0 Å². The number of amides is 1. The van der Waals surface area contributed by atoms with Gasteiger partial charge in [0.05, 0.1) is 12.2 Å². The number of thiophene rings is 1. The molecule has 2 rings (SSSR count). The number of nitrogens with one attached hydrogen (secondary N) is 1. The number of aryl methyl sites for hydroxylation is 1. The summed E-state index contributed by atoms with van der Waals surface area (Å²) in [4.78, 5) is 25.4. The summed E-state index contributed by atoms with van der Waals surface area (Å²) in [5.41, 5.74) is 6.87. The average Bonchev–Trinajstić information content (AvgIpc) is 2.85. The van der Waals surface area contributed by atoms with Crippen LogP contribution in [0.4, 0.5) is 5.00 Å². The maximum atomic E-state index is 12.2. The molecule has 1 aromatic rings. The Bertz CT molecular complexity index is 558. The highest BCUT2D eigenvalue weighted by atomic mass is 32.1. The van der Waals surface area contributed by atoms with Crippen LogP contribution in [0.3, 0.4) is 0 Å². The molecule has 0 fully saturated rings. The molecule has 0 aromatic carbocycles. The van der Waals surface area contributed by atoms with E-state index < -0.39 is 5.54 Å². The van der Waals surface area contributed by atoms with Crippen molar-refractivity contribution in [1.82, 2.24) is 0 Å². The van der Waals surface area contributed by atoms with Crippen LogP contribution in [0.1, 0.15) is 54.4 Å². The summed E-state index contributed by atoms with van der Waals surface area (Å²) in [5, 5.41) is 3.44. The van der Waals surface area contributed by atoms with Crippen LogP contribution in [-0.2, 0) is 22.4 Å². The van der Waals surface area contributed by atoms with E-state index in [1.165, 1.54) is 16.2 Å². The van der Waals surface area contributed by atoms with Crippen molar-refractivity contribution in [2.24, 2.45) is 5.73 Å². The number of carbonyl (C=O) groups excluding carboxylic acids is 2. The van der Waals surface area contributed by atoms with E-state index in [9.17, 15) is 9.59 Å². The largest absolute Gasteiger partial charge is 0.462 e. The van der Waals surface area contributed by atoms with Crippen molar-refractivity contribution in [2.45, 2.75) is 52.0 Å². The molecule has 0 bridgehead atoms. The molecule has 0 saturated heterocycles. The lowest BCUT2D eigenvalue weighted by molar-refractivity contribution is -0.117. The summed E-state index contributed by atoms with van der Waals surface area (Å²) in [7, 11) is 0. The van der Waals surface area contributed by atoms with Crippen molar-refractivity contribution in [3.8, 4) is 0 Å². The molecule has 0 unspecified atom stereocenters. The predicted molar refractivity (Wildman–Crippen MR) is 83.8 cm³/mol. The Morgan fingerprint density at radius 2 is 2.10 bits per heavy atom. The van der Waals surface area contributed by atoms with Gasteiger partial charge in [0.25, 0.3) is 0 Å². The normalized spacial score (nSPS) is 13.9. The third-order valence-electron chi connectivity index (χ3n) is 3.27. The number of rotatable bonds is 5. The second-order valence-corrected chi connectivity index (χ2v) is 7.10. The van der Waals surface area contributed by atoms with Crippen LogP contribution >= 0.6 is 11.3 Å². The van der Waals surface area contributed by atoms with Crippen molar-refractivity contribution in [3.63, 3.8) is 0 Å². The molecule has 0 spiro atoms. The van der Waals surface area contributed by atoms with E-state index >= 15 is 0 Å². The lowest BCUT2D eigenvalue weighted by atomic mass is 10.0. The Morgan fingerprint density at radius 1 is 1.38 bits per heavy atom. The van der Waals surface area contributed by atoms with E-state index in [2.05, 4.69) is 5.32 Å². The van der Waals surface area contributed by atoms with Crippen molar-refractivity contribution in [3.05, 3.63) is 16.0 Å². The fraction of sp³-hybridized carbons (Fsp3) is 0.600. The molecule has 0 aliphatic heterocycles. The maximum Gasteiger partial charge on any atom is 0.341 e. The van der Waals surface area contributed by atoms with Crippen molar-refractivity contribution < 1.29 is 14.3 Å². The highest BCUT2D eigenvalue weighted by Gasteiger charge is 2.28. The fourth-order valence-corrected chi connectivity index (χ4v) is 3.79. The standard InChI is InChI=1S/C15H22N2O3S/c1-4-20-14(19)12-9-6-5-7-10(9)21-13(12)17-11(18)8-15(2,3)16/h4-8,16H2,1-3H3,(H,17,18). The summed E-state index contributed by atoms with van der Waals surface area (Å²) in [6.07, 6.45) is 3.10. The SMILES string of the molecule is CCOC(=O)c1c(NC(=O)CC(C)(C)N)sc2c1CCC2. The molecule has 1 heterocycles. The van der Waals surface area contributed by atoms with Gasteiger partial charge in [-0.15, -0.1) is 11.3 Å². The van der Waals surface area contributed by atoms with Crippen LogP contribution in [0, 0.1) is 0 Å². The van der Waals surface area contributed by atoms with Crippen LogP contribution in [-0.4, -0.2) is 24.0 Å². The van der Waals surface area contributed by atoms with Crippen LogP contribution in [0.5, 0.6) is 0 Å². The summed E-state index contributed by atoms with van der Waals surface area (Å²) in [6.45, 7) is 5.70. The molecular formula is C15H22N2O3S. The third-order valence-corrected chi connectivity index (χ3v) is 4.48. The quantitative estimate of drug-likeness (QED) is 0.819. The van der Waals surface area contributed by atoms with Crippen LogP contribution in [0.15, 0.2) is 0 Å². The molecule has 1 aliphatic carbocycles. The summed E-state index contributed by atoms with van der Waals surface area (Å²) < 4.78 is 5.13. The first-order valence-corrected chi connectivity index (χ1v) is 8.04. The van der Waals surface area contributed by atoms with E-state index in [4.69, 9.17) is 10.5 Å². The number of hydrogen-bond donors (Lipinski definition) is 2. The van der Waals surface area contributed by atoms with Gasteiger partial charge in [-0.05, 0) is 45.6 Å². The van der Waals surface area contributed by atoms with Gasteiger partial charge in [-0.3, -0.25) is 4.79 Å². The molecular weight excluding hydrogens is 288 g/mol. The van der Waals surface area contributed by atoms with Gasteiger partial charge in [-0.1, -0.05) is 0 Å². The minimum absolute atomic E-state index is 0.173. The Kier molecular flexibility index (Phi) is 4.68. The van der Waals surface area contributed by atoms with Gasteiger partial charge in [0.1, 0.15) is 5.00 Å². The molecule has 1 aromatic heterocycles. The molecule has 5 nitrogen and oxygen atoms in total. The zero-order valence-corrected chi connectivity index (χ0v) is 13.6. The van der Waals surface area contributed by atoms with E-state index in [-0.39, 0.29) is 18.3 Å². The Hall–Kier alpha value is -1.40. The Morgan fingerprint density at radius 3 is 2.71 bits per heavy atom. The molecule has 1 amide bonds. The van der Waals surface area contributed by atoms with Gasteiger partial charge >= 0.3 is 5.97 Å². The van der Waals surface area contributed by atoms with Crippen molar-refractivity contribution in [2.75, 3.05) is 11.9 Å². The lowest BCUT2D eigenvalue weighted by Crippen LogP contribution is -2.36. The first-order chi connectivity index (χ1) is 9.81. The predicted octanol–water partition coefficient (Wildman–Crippen LogP) is 2.48. The average molecular weight is 310 g/mol. The molecule has 0 atom stereocenters. The van der Waals surface area contributed by atoms with Crippen molar-refractivity contribution in [1.29, 1.82) is 0 Å². The molecule has 0 radical (unpaired) electrons. The second-order valence-electron chi connectivity index (χ2n) is 6.00. The smallest absolute Gasteiger partial charge is 0.341 e. The van der Waals surface area contributed by atoms with Gasteiger partial charge < -0.3 is 15.8 Å². The summed E-state index contributed by atoms with van der Waals surface area (Å²) >= 11 is 1.48. The summed E-state index contributed by atoms with van der Waals surface area (Å²) in [6, 6.07) is 0. The van der Waals surface area contributed by atoms with Gasteiger partial charge in [-0.2, -0.15) is 0 Å². The Balaban J connectivity index is 2.23. The fourth-order valence-electron chi connectivity index (χ4n) is 2.50. The molecule has 6 heteroatoms. The zero-order valence-electron chi connectivity index (χ0n) is 12.7. The van der Waals surface area contributed by atoms with E-state index in [1.54, 1.807) is 20.8 Å². The van der Waals surface area contributed by atoms with Crippen LogP contribution in [0.2, 0.25) is 0 Å². The molecule has 0 saturated carbocycles. The van der Waals surface area contributed by atoms with Crippen LogP contribution < -0.4 is 11.1 Å². The van der Waals surface area contributed by atoms with Gasteiger partial charge in [-0.25, -0.2) is 4.79 Å². The number of ether oxygens (including phenoxy) is 1. The molecule has 3 N–H and O–H groups in total. The molecule has 1 aliphatic rings. The van der Waals surface area contributed by atoms with E-state index in [0.29, 0.717) is 17.2 Å². The maximum absolute atomic E-state index is 12.2. The minimum Gasteiger partial charge on any atom is -0.462 e. The number of fused-ring (bicyclic) bond motifs is 1. The van der Waals surface area contributed by atoms with Gasteiger partial charge in [0.15, 0.2) is 0 Å². The molecule has 116 valence electrons. The monoisotopic (exact) mass is 310 g/mol.